The smallest absolute Gasteiger partial charge is 0.227 e. The number of pyridine rings is 1. The Balaban J connectivity index is 1.66. The van der Waals surface area contributed by atoms with Crippen LogP contribution in [0.3, 0.4) is 0 Å². The Labute approximate surface area is 167 Å². The van der Waals surface area contributed by atoms with E-state index in [1.54, 1.807) is 35.5 Å². The minimum Gasteiger partial charge on any atom is -0.311 e. The van der Waals surface area contributed by atoms with Crippen LogP contribution in [0, 0.1) is 0 Å². The topological polar surface area (TPSA) is 46.1 Å². The molecule has 1 aliphatic heterocycles. The van der Waals surface area contributed by atoms with Crippen molar-refractivity contribution in [2.45, 2.75) is 19.3 Å². The van der Waals surface area contributed by atoms with Crippen molar-refractivity contribution in [3.05, 3.63) is 53.7 Å². The molecule has 0 saturated carbocycles. The third-order valence-corrected chi connectivity index (χ3v) is 6.24. The summed E-state index contributed by atoms with van der Waals surface area (Å²) in [7, 11) is 0. The highest BCUT2D eigenvalue weighted by molar-refractivity contribution is 7.98. The van der Waals surface area contributed by atoms with Crippen LogP contribution >= 0.6 is 23.1 Å². The van der Waals surface area contributed by atoms with Crippen LogP contribution in [-0.2, 0) is 11.2 Å². The molecule has 0 radical (unpaired) electrons. The minimum atomic E-state index is 0.240. The van der Waals surface area contributed by atoms with Gasteiger partial charge in [-0.2, -0.15) is 11.8 Å². The molecule has 0 unspecified atom stereocenters. The number of rotatable bonds is 5. The highest BCUT2D eigenvalue weighted by atomic mass is 32.2. The highest BCUT2D eigenvalue weighted by Crippen LogP contribution is 2.33. The van der Waals surface area contributed by atoms with Gasteiger partial charge in [0.1, 0.15) is 5.01 Å². The number of amides is 1. The fourth-order valence-corrected chi connectivity index (χ4v) is 4.57. The summed E-state index contributed by atoms with van der Waals surface area (Å²) in [5, 5.41) is 3.10. The molecule has 4 nitrogen and oxygen atoms in total. The van der Waals surface area contributed by atoms with Crippen molar-refractivity contribution >= 4 is 34.7 Å². The quantitative estimate of drug-likeness (QED) is 0.616. The van der Waals surface area contributed by atoms with Crippen LogP contribution in [0.25, 0.3) is 21.8 Å². The van der Waals surface area contributed by atoms with E-state index in [0.717, 1.165) is 52.7 Å². The zero-order valence-electron chi connectivity index (χ0n) is 15.2. The van der Waals surface area contributed by atoms with E-state index in [1.807, 2.05) is 17.0 Å². The second-order valence-electron chi connectivity index (χ2n) is 6.51. The van der Waals surface area contributed by atoms with Gasteiger partial charge in [0.05, 0.1) is 5.69 Å². The van der Waals surface area contributed by atoms with E-state index in [4.69, 9.17) is 4.98 Å². The van der Waals surface area contributed by atoms with Crippen LogP contribution in [0.2, 0.25) is 0 Å². The molecular weight excluding hydrogens is 374 g/mol. The molecule has 138 valence electrons. The number of carbonyl (C=O) groups is 1. The molecule has 1 amide bonds. The highest BCUT2D eigenvalue weighted by Gasteiger charge is 2.22. The van der Waals surface area contributed by atoms with Crippen LogP contribution in [0.15, 0.2) is 48.1 Å². The lowest BCUT2D eigenvalue weighted by atomic mass is 10.0. The van der Waals surface area contributed by atoms with Crippen molar-refractivity contribution in [2.75, 3.05) is 23.5 Å². The molecule has 6 heteroatoms. The van der Waals surface area contributed by atoms with E-state index in [9.17, 15) is 4.79 Å². The first kappa shape index (κ1) is 18.2. The molecule has 0 atom stereocenters. The largest absolute Gasteiger partial charge is 0.311 e. The Kier molecular flexibility index (Phi) is 5.55. The van der Waals surface area contributed by atoms with Gasteiger partial charge in [-0.1, -0.05) is 6.07 Å². The normalized spacial score (nSPS) is 14.1. The summed E-state index contributed by atoms with van der Waals surface area (Å²) >= 11 is 3.42. The zero-order chi connectivity index (χ0) is 18.6. The second-order valence-corrected chi connectivity index (χ2v) is 8.35. The Morgan fingerprint density at radius 2 is 2.00 bits per heavy atom. The van der Waals surface area contributed by atoms with Gasteiger partial charge in [0.2, 0.25) is 5.91 Å². The maximum Gasteiger partial charge on any atom is 0.227 e. The average molecular weight is 396 g/mol. The van der Waals surface area contributed by atoms with Crippen LogP contribution in [0.5, 0.6) is 0 Å². The molecule has 0 fully saturated rings. The molecule has 3 aromatic rings. The lowest BCUT2D eigenvalue weighted by Gasteiger charge is -2.23. The number of anilines is 1. The first-order valence-electron chi connectivity index (χ1n) is 9.05. The van der Waals surface area contributed by atoms with Gasteiger partial charge in [0, 0.05) is 53.3 Å². The van der Waals surface area contributed by atoms with Crippen molar-refractivity contribution in [1.82, 2.24) is 9.97 Å². The Morgan fingerprint density at radius 3 is 2.81 bits per heavy atom. The molecule has 1 aliphatic rings. The van der Waals surface area contributed by atoms with E-state index < -0.39 is 0 Å². The van der Waals surface area contributed by atoms with Crippen LogP contribution < -0.4 is 4.90 Å². The summed E-state index contributed by atoms with van der Waals surface area (Å²) in [5.41, 5.74) is 5.51. The van der Waals surface area contributed by atoms with Crippen LogP contribution in [0.1, 0.15) is 18.4 Å². The summed E-state index contributed by atoms with van der Waals surface area (Å²) in [6.45, 7) is 0.773. The van der Waals surface area contributed by atoms with Gasteiger partial charge in [-0.15, -0.1) is 11.3 Å². The third-order valence-electron chi connectivity index (χ3n) is 4.75. The molecule has 1 aromatic carbocycles. The fourth-order valence-electron chi connectivity index (χ4n) is 3.37. The van der Waals surface area contributed by atoms with Gasteiger partial charge in [0.15, 0.2) is 0 Å². The van der Waals surface area contributed by atoms with Crippen molar-refractivity contribution in [2.24, 2.45) is 0 Å². The van der Waals surface area contributed by atoms with E-state index in [0.29, 0.717) is 6.42 Å². The number of benzene rings is 1. The first-order chi connectivity index (χ1) is 13.3. The first-order valence-corrected chi connectivity index (χ1v) is 11.3. The molecular formula is C21H21N3OS2. The molecule has 4 rings (SSSR count). The van der Waals surface area contributed by atoms with Crippen molar-refractivity contribution in [3.63, 3.8) is 0 Å². The van der Waals surface area contributed by atoms with Gasteiger partial charge in [0.25, 0.3) is 0 Å². The summed E-state index contributed by atoms with van der Waals surface area (Å²) < 4.78 is 0. The predicted octanol–water partition coefficient (Wildman–Crippen LogP) is 4.90. The van der Waals surface area contributed by atoms with Crippen molar-refractivity contribution in [1.29, 1.82) is 0 Å². The number of aryl methyl sites for hydroxylation is 1. The monoisotopic (exact) mass is 395 g/mol. The minimum absolute atomic E-state index is 0.240. The van der Waals surface area contributed by atoms with E-state index >= 15 is 0 Å². The number of fused-ring (bicyclic) bond motifs is 1. The van der Waals surface area contributed by atoms with Gasteiger partial charge in [-0.05, 0) is 48.9 Å². The molecule has 0 spiro atoms. The summed E-state index contributed by atoms with van der Waals surface area (Å²) in [6, 6.07) is 10.4. The molecule has 0 N–H and O–H groups in total. The second kappa shape index (κ2) is 8.23. The summed E-state index contributed by atoms with van der Waals surface area (Å²) in [4.78, 5) is 23.3. The van der Waals surface area contributed by atoms with E-state index in [-0.39, 0.29) is 5.91 Å². The Morgan fingerprint density at radius 1 is 1.15 bits per heavy atom. The van der Waals surface area contributed by atoms with E-state index in [2.05, 4.69) is 34.8 Å². The molecule has 3 heterocycles. The lowest BCUT2D eigenvalue weighted by Crippen LogP contribution is -2.32. The summed E-state index contributed by atoms with van der Waals surface area (Å²) in [5.74, 6) is 1.19. The number of carbonyl (C=O) groups excluding carboxylic acids is 1. The molecule has 2 aromatic heterocycles. The molecule has 0 saturated heterocycles. The average Bonchev–Trinajstić information content (AvgIpc) is 3.14. The van der Waals surface area contributed by atoms with Gasteiger partial charge >= 0.3 is 0 Å². The number of aromatic nitrogens is 2. The SMILES string of the molecule is CSCCN1C(=O)CCCc2cc(-c3csc(-c4ccncc4)n3)ccc21. The third kappa shape index (κ3) is 3.92. The number of thiazole rings is 1. The Bertz CT molecular complexity index is 940. The van der Waals surface area contributed by atoms with E-state index in [1.165, 1.54) is 5.56 Å². The van der Waals surface area contributed by atoms with Gasteiger partial charge in [-0.3, -0.25) is 9.78 Å². The van der Waals surface area contributed by atoms with Gasteiger partial charge < -0.3 is 4.90 Å². The van der Waals surface area contributed by atoms with Crippen LogP contribution in [-0.4, -0.2) is 34.4 Å². The molecule has 0 bridgehead atoms. The number of thioether (sulfide) groups is 1. The van der Waals surface area contributed by atoms with Crippen molar-refractivity contribution in [3.8, 4) is 21.8 Å². The predicted molar refractivity (Wildman–Crippen MR) is 114 cm³/mol. The Hall–Kier alpha value is -2.18. The lowest BCUT2D eigenvalue weighted by molar-refractivity contribution is -0.118. The van der Waals surface area contributed by atoms with Gasteiger partial charge in [-0.25, -0.2) is 4.98 Å². The zero-order valence-corrected chi connectivity index (χ0v) is 16.9. The number of hydrogen-bond acceptors (Lipinski definition) is 5. The maximum absolute atomic E-state index is 12.5. The van der Waals surface area contributed by atoms with Crippen molar-refractivity contribution < 1.29 is 4.79 Å². The fraction of sp³-hybridized carbons (Fsp3) is 0.286. The molecule has 0 aliphatic carbocycles. The summed E-state index contributed by atoms with van der Waals surface area (Å²) in [6.07, 6.45) is 8.13. The number of nitrogens with zero attached hydrogens (tertiary/aromatic N) is 3. The number of hydrogen-bond donors (Lipinski definition) is 0. The molecule has 27 heavy (non-hydrogen) atoms. The van der Waals surface area contributed by atoms with Crippen LogP contribution in [0.4, 0.5) is 5.69 Å². The maximum atomic E-state index is 12.5. The standard InChI is InChI=1S/C21H21N3OS2/c1-26-12-11-24-19-6-5-16(13-17(19)3-2-4-20(24)25)18-14-27-21(23-18)15-7-9-22-10-8-15/h5-10,13-14H,2-4,11-12H2,1H3.